The molecule has 0 aliphatic heterocycles. The van der Waals surface area contributed by atoms with Crippen LogP contribution in [0.1, 0.15) is 86.1 Å². The van der Waals surface area contributed by atoms with Crippen LogP contribution in [0.5, 0.6) is 0 Å². The summed E-state index contributed by atoms with van der Waals surface area (Å²) in [5.41, 5.74) is 21.0. The van der Waals surface area contributed by atoms with Crippen molar-refractivity contribution in [2.24, 2.45) is 0 Å². The Bertz CT molecular complexity index is 3800. The lowest BCUT2D eigenvalue weighted by molar-refractivity contribution is 0.589. The summed E-state index contributed by atoms with van der Waals surface area (Å²) >= 11 is 0. The van der Waals surface area contributed by atoms with Crippen molar-refractivity contribution in [3.8, 4) is 68.9 Å². The van der Waals surface area contributed by atoms with Crippen molar-refractivity contribution in [1.82, 2.24) is 0 Å². The van der Waals surface area contributed by atoms with Gasteiger partial charge in [0.2, 0.25) is 0 Å². The van der Waals surface area contributed by atoms with E-state index in [2.05, 4.69) is 249 Å². The highest BCUT2D eigenvalue weighted by Crippen LogP contribution is 2.53. The highest BCUT2D eigenvalue weighted by Gasteiger charge is 2.32. The Morgan fingerprint density at radius 2 is 0.574 bits per heavy atom. The summed E-state index contributed by atoms with van der Waals surface area (Å²) in [5, 5.41) is 14.8. The number of fused-ring (bicyclic) bond motifs is 4. The second kappa shape index (κ2) is 15.2. The summed E-state index contributed by atoms with van der Waals surface area (Å²) in [4.78, 5) is 0. The number of rotatable bonds is 0. The van der Waals surface area contributed by atoms with Crippen LogP contribution in [0.4, 0.5) is 0 Å². The topological polar surface area (TPSA) is 0 Å². The van der Waals surface area contributed by atoms with Crippen LogP contribution in [0.3, 0.4) is 0 Å². The highest BCUT2D eigenvalue weighted by molar-refractivity contribution is 6.84. The van der Waals surface area contributed by atoms with Crippen LogP contribution >= 0.6 is 0 Å². The van der Waals surface area contributed by atoms with Gasteiger partial charge in [0.25, 0.3) is 0 Å². The number of hydrogen-bond acceptors (Lipinski definition) is 0. The fourth-order valence-corrected chi connectivity index (χ4v) is 11.1. The molecule has 1 aliphatic carbocycles. The molecule has 68 heavy (non-hydrogen) atoms. The van der Waals surface area contributed by atoms with Crippen molar-refractivity contribution in [1.29, 1.82) is 0 Å². The van der Waals surface area contributed by atoms with Gasteiger partial charge in [0.1, 0.15) is 16.1 Å². The van der Waals surface area contributed by atoms with E-state index in [-0.39, 0.29) is 10.8 Å². The molecule has 0 atom stereocenters. The zero-order valence-corrected chi connectivity index (χ0v) is 43.5. The van der Waals surface area contributed by atoms with Crippen molar-refractivity contribution in [3.05, 3.63) is 166 Å². The van der Waals surface area contributed by atoms with E-state index in [9.17, 15) is 0 Å². The second-order valence-corrected chi connectivity index (χ2v) is 32.7. The van der Waals surface area contributed by atoms with Gasteiger partial charge in [-0.2, -0.15) is 0 Å². The molecule has 0 amide bonds. The Hall–Kier alpha value is -7.05. The van der Waals surface area contributed by atoms with Gasteiger partial charge in [-0.3, -0.25) is 0 Å². The predicted octanol–water partition coefficient (Wildman–Crippen LogP) is 17.0. The molecule has 0 nitrogen and oxygen atoms in total. The Morgan fingerprint density at radius 1 is 0.309 bits per heavy atom. The lowest BCUT2D eigenvalue weighted by Gasteiger charge is -2.33. The molecule has 0 saturated heterocycles. The van der Waals surface area contributed by atoms with Gasteiger partial charge in [0.05, 0.1) is 0 Å². The average Bonchev–Trinajstić information content (AvgIpc) is 3.28. The maximum atomic E-state index is 3.79. The van der Waals surface area contributed by atoms with E-state index in [1.807, 2.05) is 0 Å². The fraction of sp³-hybridized carbons (Fsp3) is 0.212. The molecule has 0 saturated carbocycles. The van der Waals surface area contributed by atoms with Gasteiger partial charge in [0, 0.05) is 44.5 Å². The summed E-state index contributed by atoms with van der Waals surface area (Å²) in [6.45, 7) is 27.6. The normalized spacial score (nSPS) is 12.5. The first-order valence-corrected chi connectivity index (χ1v) is 31.1. The Kier molecular flexibility index (Phi) is 9.75. The van der Waals surface area contributed by atoms with Crippen molar-refractivity contribution in [2.45, 2.75) is 91.7 Å². The highest BCUT2D eigenvalue weighted by atomic mass is 28.3. The summed E-state index contributed by atoms with van der Waals surface area (Å²) < 4.78 is 0. The maximum Gasteiger partial charge on any atom is 0.129 e. The smallest absolute Gasteiger partial charge is 0.127 e. The van der Waals surface area contributed by atoms with Crippen LogP contribution in [0, 0.1) is 46.6 Å². The zero-order chi connectivity index (χ0) is 47.7. The number of hydrogen-bond donors (Lipinski definition) is 0. The van der Waals surface area contributed by atoms with Crippen LogP contribution in [0.25, 0.3) is 86.9 Å². The summed E-state index contributed by atoms with van der Waals surface area (Å²) in [6, 6.07) is 45.4. The molecule has 2 heteroatoms. The molecule has 0 aromatic heterocycles. The molecule has 10 aromatic carbocycles. The maximum absolute atomic E-state index is 3.79. The molecule has 10 aromatic rings. The first-order chi connectivity index (χ1) is 32.2. The van der Waals surface area contributed by atoms with E-state index in [4.69, 9.17) is 0 Å². The molecular formula is C66H56Si2. The van der Waals surface area contributed by atoms with Crippen LogP contribution in [-0.2, 0) is 10.8 Å². The minimum Gasteiger partial charge on any atom is -0.127 e. The van der Waals surface area contributed by atoms with Crippen LogP contribution in [0.2, 0.25) is 39.3 Å². The third-order valence-electron chi connectivity index (χ3n) is 13.7. The summed E-state index contributed by atoms with van der Waals surface area (Å²) in [5.74, 6) is 22.2. The third kappa shape index (κ3) is 7.46. The van der Waals surface area contributed by atoms with Crippen molar-refractivity contribution < 1.29 is 0 Å². The number of benzene rings is 10. The zero-order valence-electron chi connectivity index (χ0n) is 41.5. The van der Waals surface area contributed by atoms with Crippen LogP contribution < -0.4 is 0 Å². The molecule has 0 bridgehead atoms. The summed E-state index contributed by atoms with van der Waals surface area (Å²) in [6.07, 6.45) is 0. The van der Waals surface area contributed by atoms with Crippen molar-refractivity contribution in [2.75, 3.05) is 0 Å². The molecule has 0 unspecified atom stereocenters. The Labute approximate surface area is 404 Å². The van der Waals surface area contributed by atoms with Crippen LogP contribution in [-0.4, -0.2) is 16.1 Å². The average molecular weight is 905 g/mol. The van der Waals surface area contributed by atoms with E-state index < -0.39 is 16.1 Å². The van der Waals surface area contributed by atoms with Gasteiger partial charge in [-0.25, -0.2) is 0 Å². The second-order valence-electron chi connectivity index (χ2n) is 23.2. The molecule has 0 heterocycles. The van der Waals surface area contributed by atoms with E-state index in [0.717, 1.165) is 33.4 Å². The fourth-order valence-electron chi connectivity index (χ4n) is 10.1. The Balaban J connectivity index is 1.08. The standard InChI is InChI=1S/C66H56Si2/c1-65(2,3)51-37-49(23-17-41-13-19-45-27-31-55-43(33-35-67(7,8)9)15-21-47-25-29-53(41)59(45)61(47)55)63-57(39-51)58-40-52(66(4,5)6)38-50(64(58)63)24-18-42-14-20-46-28-32-56-44(34-36-68(10,11)12)16-22-48-26-30-54(42)60(46)62(48)56/h13-16,19-22,25-32,37-40H,1-12H3. The lowest BCUT2D eigenvalue weighted by Crippen LogP contribution is -2.17. The molecule has 0 spiro atoms. The lowest BCUT2D eigenvalue weighted by atomic mass is 9.70. The quantitative estimate of drug-likeness (QED) is 0.0808. The first-order valence-electron chi connectivity index (χ1n) is 24.1. The molecular weight excluding hydrogens is 849 g/mol. The van der Waals surface area contributed by atoms with Crippen LogP contribution in [0.15, 0.2) is 121 Å². The summed E-state index contributed by atoms with van der Waals surface area (Å²) in [7, 11) is -3.11. The Morgan fingerprint density at radius 3 is 0.853 bits per heavy atom. The molecule has 0 radical (unpaired) electrons. The minimum atomic E-state index is -1.56. The van der Waals surface area contributed by atoms with Gasteiger partial charge in [-0.1, -0.05) is 189 Å². The van der Waals surface area contributed by atoms with Gasteiger partial charge in [0.15, 0.2) is 0 Å². The molecule has 1 aliphatic rings. The van der Waals surface area contributed by atoms with Gasteiger partial charge < -0.3 is 0 Å². The van der Waals surface area contributed by atoms with E-state index >= 15 is 0 Å². The molecule has 11 rings (SSSR count). The first kappa shape index (κ1) is 43.5. The largest absolute Gasteiger partial charge is 0.129 e. The monoisotopic (exact) mass is 904 g/mol. The van der Waals surface area contributed by atoms with Gasteiger partial charge >= 0.3 is 0 Å². The van der Waals surface area contributed by atoms with Crippen molar-refractivity contribution >= 4 is 80.8 Å². The molecule has 328 valence electrons. The predicted molar refractivity (Wildman–Crippen MR) is 301 cm³/mol. The molecule has 0 fully saturated rings. The third-order valence-corrected chi connectivity index (χ3v) is 15.4. The SMILES string of the molecule is CC(C)(C)c1cc(C#Cc2ccc3ccc4c(C#C[Si](C)(C)C)ccc5ccc2c3c54)c2c(c1)-c1cc(C(C)(C)C)cc(C#Cc3ccc4ccc5c(C#C[Si](C)(C)C)ccc6ccc3c4c65)c1-2. The van der Waals surface area contributed by atoms with E-state index in [0.29, 0.717) is 0 Å². The molecule has 0 N–H and O–H groups in total. The van der Waals surface area contributed by atoms with Gasteiger partial charge in [-0.15, -0.1) is 11.1 Å². The minimum absolute atomic E-state index is 0.0642. The van der Waals surface area contributed by atoms with Crippen molar-refractivity contribution in [3.63, 3.8) is 0 Å². The van der Waals surface area contributed by atoms with E-state index in [1.54, 1.807) is 0 Å². The van der Waals surface area contributed by atoms with E-state index in [1.165, 1.54) is 98.0 Å². The van der Waals surface area contributed by atoms with Gasteiger partial charge in [-0.05, 0) is 146 Å².